The fourth-order valence-corrected chi connectivity index (χ4v) is 3.70. The van der Waals surface area contributed by atoms with E-state index in [2.05, 4.69) is 9.88 Å². The Morgan fingerprint density at radius 2 is 1.88 bits per heavy atom. The van der Waals surface area contributed by atoms with Crippen LogP contribution in [0.25, 0.3) is 17.0 Å². The molecule has 0 spiro atoms. The molecule has 130 valence electrons. The van der Waals surface area contributed by atoms with E-state index in [0.29, 0.717) is 4.91 Å². The summed E-state index contributed by atoms with van der Waals surface area (Å²) in [5.74, 6) is -0.585. The van der Waals surface area contributed by atoms with Crippen LogP contribution in [0.3, 0.4) is 0 Å². The average Bonchev–Trinajstić information content (AvgIpc) is 3.18. The first-order valence-electron chi connectivity index (χ1n) is 8.17. The fraction of sp³-hybridized carbons (Fsp3) is 0.100. The van der Waals surface area contributed by atoms with Crippen molar-refractivity contribution in [3.63, 3.8) is 0 Å². The molecular weight excluding hydrogens is 351 g/mol. The molecule has 0 bridgehead atoms. The first-order chi connectivity index (χ1) is 12.6. The number of hydrogen-bond acceptors (Lipinski definition) is 3. The molecule has 2 amide bonds. The zero-order valence-electron chi connectivity index (χ0n) is 13.7. The highest BCUT2D eigenvalue weighted by atomic mass is 32.2. The minimum absolute atomic E-state index is 0.231. The summed E-state index contributed by atoms with van der Waals surface area (Å²) < 4.78 is 15.1. The Morgan fingerprint density at radius 1 is 1.08 bits per heavy atom. The number of hydrogen-bond donors (Lipinski definition) is 1. The Labute approximate surface area is 153 Å². The number of rotatable bonds is 4. The van der Waals surface area contributed by atoms with Gasteiger partial charge in [-0.15, -0.1) is 0 Å². The number of nitrogens with one attached hydrogen (secondary N) is 1. The number of carbonyl (C=O) groups is 2. The van der Waals surface area contributed by atoms with Crippen LogP contribution >= 0.6 is 11.8 Å². The van der Waals surface area contributed by atoms with Gasteiger partial charge in [-0.2, -0.15) is 0 Å². The number of aryl methyl sites for hydroxylation is 2. The standard InChI is InChI=1S/C20H15FN2O2S/c21-15-6-4-13(5-7-15)8-10-23-11-9-16-14(2-1-3-17(16)23)12-18-19(24)22-20(25)26-18/h1-7,9,11-12H,8,10H2,(H,22,24,25). The molecule has 0 saturated carbocycles. The first kappa shape index (κ1) is 16.6. The fourth-order valence-electron chi connectivity index (χ4n) is 3.03. The van der Waals surface area contributed by atoms with Gasteiger partial charge in [-0.1, -0.05) is 24.3 Å². The number of nitrogens with zero attached hydrogens (tertiary/aromatic N) is 1. The van der Waals surface area contributed by atoms with E-state index >= 15 is 0 Å². The van der Waals surface area contributed by atoms with Gasteiger partial charge in [0.1, 0.15) is 5.82 Å². The van der Waals surface area contributed by atoms with Crippen LogP contribution < -0.4 is 5.32 Å². The maximum absolute atomic E-state index is 13.0. The monoisotopic (exact) mass is 366 g/mol. The van der Waals surface area contributed by atoms with Gasteiger partial charge < -0.3 is 4.57 Å². The molecule has 1 saturated heterocycles. The van der Waals surface area contributed by atoms with Gasteiger partial charge in [0.25, 0.3) is 11.1 Å². The van der Waals surface area contributed by atoms with Gasteiger partial charge in [0.15, 0.2) is 0 Å². The molecule has 1 aromatic heterocycles. The highest BCUT2D eigenvalue weighted by molar-refractivity contribution is 8.18. The predicted molar refractivity (Wildman–Crippen MR) is 101 cm³/mol. The van der Waals surface area contributed by atoms with E-state index in [1.54, 1.807) is 18.2 Å². The third-order valence-electron chi connectivity index (χ3n) is 4.33. The van der Waals surface area contributed by atoms with Crippen molar-refractivity contribution in [3.05, 3.63) is 76.6 Å². The Kier molecular flexibility index (Phi) is 4.34. The number of amides is 2. The molecule has 1 aliphatic rings. The quantitative estimate of drug-likeness (QED) is 0.699. The number of halogens is 1. The summed E-state index contributed by atoms with van der Waals surface area (Å²) in [5.41, 5.74) is 3.02. The Morgan fingerprint density at radius 3 is 2.62 bits per heavy atom. The number of benzene rings is 2. The Bertz CT molecular complexity index is 1040. The zero-order valence-corrected chi connectivity index (χ0v) is 14.6. The first-order valence-corrected chi connectivity index (χ1v) is 8.99. The van der Waals surface area contributed by atoms with Crippen LogP contribution in [-0.4, -0.2) is 15.7 Å². The summed E-state index contributed by atoms with van der Waals surface area (Å²) in [5, 5.41) is 2.95. The summed E-state index contributed by atoms with van der Waals surface area (Å²) in [6.07, 6.45) is 4.54. The van der Waals surface area contributed by atoms with Gasteiger partial charge in [-0.3, -0.25) is 14.9 Å². The highest BCUT2D eigenvalue weighted by Gasteiger charge is 2.25. The molecule has 2 heterocycles. The second-order valence-corrected chi connectivity index (χ2v) is 7.03. The van der Waals surface area contributed by atoms with Gasteiger partial charge in [0, 0.05) is 23.6 Å². The van der Waals surface area contributed by atoms with Gasteiger partial charge in [-0.25, -0.2) is 4.39 Å². The molecule has 0 aliphatic carbocycles. The maximum atomic E-state index is 13.0. The topological polar surface area (TPSA) is 51.1 Å². The minimum atomic E-state index is -0.354. The number of thioether (sulfide) groups is 1. The normalized spacial score (nSPS) is 15.8. The van der Waals surface area contributed by atoms with Crippen LogP contribution in [0.1, 0.15) is 11.1 Å². The van der Waals surface area contributed by atoms with Crippen molar-refractivity contribution in [1.82, 2.24) is 9.88 Å². The van der Waals surface area contributed by atoms with Gasteiger partial charge >= 0.3 is 0 Å². The summed E-state index contributed by atoms with van der Waals surface area (Å²) in [7, 11) is 0. The summed E-state index contributed by atoms with van der Waals surface area (Å²) >= 11 is 0.917. The summed E-state index contributed by atoms with van der Waals surface area (Å²) in [4.78, 5) is 23.5. The maximum Gasteiger partial charge on any atom is 0.290 e. The van der Waals surface area contributed by atoms with Crippen LogP contribution in [0.15, 0.2) is 59.6 Å². The summed E-state index contributed by atoms with van der Waals surface area (Å²) in [6.45, 7) is 0.767. The molecule has 26 heavy (non-hydrogen) atoms. The molecular formula is C20H15FN2O2S. The molecule has 1 aliphatic heterocycles. The lowest BCUT2D eigenvalue weighted by Crippen LogP contribution is -2.17. The van der Waals surface area contributed by atoms with Crippen LogP contribution in [0.2, 0.25) is 0 Å². The second kappa shape index (κ2) is 6.80. The Balaban J connectivity index is 1.61. The third-order valence-corrected chi connectivity index (χ3v) is 5.14. The molecule has 4 nitrogen and oxygen atoms in total. The zero-order chi connectivity index (χ0) is 18.1. The predicted octanol–water partition coefficient (Wildman–Crippen LogP) is 4.35. The SMILES string of the molecule is O=C1NC(=O)C(=Cc2cccc3c2ccn3CCc2ccc(F)cc2)S1. The van der Waals surface area contributed by atoms with Crippen molar-refractivity contribution in [1.29, 1.82) is 0 Å². The Hall–Kier alpha value is -2.86. The van der Waals surface area contributed by atoms with Gasteiger partial charge in [0.2, 0.25) is 0 Å². The molecule has 1 N–H and O–H groups in total. The van der Waals surface area contributed by atoms with E-state index in [1.807, 2.05) is 30.5 Å². The lowest BCUT2D eigenvalue weighted by atomic mass is 10.1. The lowest BCUT2D eigenvalue weighted by molar-refractivity contribution is -0.115. The van der Waals surface area contributed by atoms with Crippen molar-refractivity contribution in [2.24, 2.45) is 0 Å². The lowest BCUT2D eigenvalue weighted by Gasteiger charge is -2.07. The van der Waals surface area contributed by atoms with Crippen molar-refractivity contribution >= 4 is 39.9 Å². The van der Waals surface area contributed by atoms with Crippen LogP contribution in [-0.2, 0) is 17.8 Å². The molecule has 6 heteroatoms. The van der Waals surface area contributed by atoms with E-state index in [-0.39, 0.29) is 17.0 Å². The van der Waals surface area contributed by atoms with Crippen LogP contribution in [0.4, 0.5) is 9.18 Å². The molecule has 2 aromatic carbocycles. The highest BCUT2D eigenvalue weighted by Crippen LogP contribution is 2.29. The number of fused-ring (bicyclic) bond motifs is 1. The van der Waals surface area contributed by atoms with E-state index in [9.17, 15) is 14.0 Å². The molecule has 4 rings (SSSR count). The van der Waals surface area contributed by atoms with Gasteiger partial charge in [0.05, 0.1) is 4.91 Å². The van der Waals surface area contributed by atoms with Gasteiger partial charge in [-0.05, 0) is 59.7 Å². The molecule has 1 fully saturated rings. The average molecular weight is 366 g/mol. The van der Waals surface area contributed by atoms with Crippen LogP contribution in [0, 0.1) is 5.82 Å². The van der Waals surface area contributed by atoms with E-state index in [1.165, 1.54) is 12.1 Å². The van der Waals surface area contributed by atoms with Crippen molar-refractivity contribution in [2.45, 2.75) is 13.0 Å². The number of aromatic nitrogens is 1. The minimum Gasteiger partial charge on any atom is -0.347 e. The van der Waals surface area contributed by atoms with Crippen LogP contribution in [0.5, 0.6) is 0 Å². The van der Waals surface area contributed by atoms with Crippen molar-refractivity contribution in [3.8, 4) is 0 Å². The second-order valence-electron chi connectivity index (χ2n) is 6.02. The van der Waals surface area contributed by atoms with E-state index in [4.69, 9.17) is 0 Å². The smallest absolute Gasteiger partial charge is 0.290 e. The number of imide groups is 1. The van der Waals surface area contributed by atoms with E-state index in [0.717, 1.165) is 46.8 Å². The largest absolute Gasteiger partial charge is 0.347 e. The third kappa shape index (κ3) is 3.28. The molecule has 0 atom stereocenters. The number of carbonyl (C=O) groups excluding carboxylic acids is 2. The molecule has 0 radical (unpaired) electrons. The summed E-state index contributed by atoms with van der Waals surface area (Å²) in [6, 6.07) is 14.4. The molecule has 3 aromatic rings. The molecule has 0 unspecified atom stereocenters. The van der Waals surface area contributed by atoms with Crippen molar-refractivity contribution in [2.75, 3.05) is 0 Å². The van der Waals surface area contributed by atoms with Crippen molar-refractivity contribution < 1.29 is 14.0 Å². The van der Waals surface area contributed by atoms with E-state index < -0.39 is 0 Å².